The number of halogens is 1. The molecule has 1 heterocycles. The van der Waals surface area contributed by atoms with Crippen LogP contribution in [0.4, 0.5) is 4.39 Å². The Morgan fingerprint density at radius 3 is 3.06 bits per heavy atom. The normalized spacial score (nSPS) is 24.6. The third kappa shape index (κ3) is 2.58. The van der Waals surface area contributed by atoms with Gasteiger partial charge in [0.1, 0.15) is 11.6 Å². The highest BCUT2D eigenvalue weighted by Gasteiger charge is 2.27. The number of methoxy groups -OCH3 is 1. The summed E-state index contributed by atoms with van der Waals surface area (Å²) in [7, 11) is 1.62. The maximum Gasteiger partial charge on any atom is 0.123 e. The van der Waals surface area contributed by atoms with Crippen LogP contribution in [-0.2, 0) is 0 Å². The van der Waals surface area contributed by atoms with Crippen molar-refractivity contribution in [2.75, 3.05) is 26.7 Å². The maximum absolute atomic E-state index is 13.4. The molecule has 1 aromatic carbocycles. The molecule has 2 unspecified atom stereocenters. The molecule has 1 fully saturated rings. The topological polar surface area (TPSA) is 47.3 Å². The van der Waals surface area contributed by atoms with E-state index in [-0.39, 0.29) is 11.7 Å². The van der Waals surface area contributed by atoms with Crippen LogP contribution in [0.15, 0.2) is 18.2 Å². The monoisotopic (exact) mass is 238 g/mol. The molecule has 0 amide bonds. The Morgan fingerprint density at radius 2 is 2.35 bits per heavy atom. The number of benzene rings is 1. The van der Waals surface area contributed by atoms with Crippen molar-refractivity contribution in [3.8, 4) is 5.75 Å². The summed E-state index contributed by atoms with van der Waals surface area (Å²) in [5.74, 6) is 1.16. The van der Waals surface area contributed by atoms with Crippen molar-refractivity contribution in [1.29, 1.82) is 0 Å². The SMILES string of the molecule is COc1ccc(F)cc1C1CNCCC1CN. The first-order valence-corrected chi connectivity index (χ1v) is 6.00. The van der Waals surface area contributed by atoms with Crippen LogP contribution in [-0.4, -0.2) is 26.7 Å². The molecule has 2 rings (SSSR count). The lowest BCUT2D eigenvalue weighted by Gasteiger charge is -2.32. The van der Waals surface area contributed by atoms with Gasteiger partial charge in [0.05, 0.1) is 7.11 Å². The predicted molar refractivity (Wildman–Crippen MR) is 65.7 cm³/mol. The van der Waals surface area contributed by atoms with E-state index >= 15 is 0 Å². The molecule has 1 aliphatic rings. The molecule has 3 nitrogen and oxygen atoms in total. The summed E-state index contributed by atoms with van der Waals surface area (Å²) < 4.78 is 18.7. The highest BCUT2D eigenvalue weighted by molar-refractivity contribution is 5.37. The van der Waals surface area contributed by atoms with Gasteiger partial charge in [0.15, 0.2) is 0 Å². The fourth-order valence-corrected chi connectivity index (χ4v) is 2.55. The summed E-state index contributed by atoms with van der Waals surface area (Å²) >= 11 is 0. The molecular formula is C13H19FN2O. The summed E-state index contributed by atoms with van der Waals surface area (Å²) in [6.45, 7) is 2.45. The average molecular weight is 238 g/mol. The molecular weight excluding hydrogens is 219 g/mol. The lowest BCUT2D eigenvalue weighted by molar-refractivity contribution is 0.318. The largest absolute Gasteiger partial charge is 0.496 e. The van der Waals surface area contributed by atoms with Crippen molar-refractivity contribution in [2.45, 2.75) is 12.3 Å². The summed E-state index contributed by atoms with van der Waals surface area (Å²) in [5, 5.41) is 3.33. The zero-order chi connectivity index (χ0) is 12.3. The van der Waals surface area contributed by atoms with Crippen molar-refractivity contribution in [3.63, 3.8) is 0 Å². The Hall–Kier alpha value is -1.13. The van der Waals surface area contributed by atoms with E-state index in [0.717, 1.165) is 30.8 Å². The summed E-state index contributed by atoms with van der Waals surface area (Å²) in [6, 6.07) is 4.68. The van der Waals surface area contributed by atoms with E-state index < -0.39 is 0 Å². The minimum absolute atomic E-state index is 0.220. The number of ether oxygens (including phenoxy) is 1. The van der Waals surface area contributed by atoms with Crippen LogP contribution in [0.5, 0.6) is 5.75 Å². The van der Waals surface area contributed by atoms with E-state index in [2.05, 4.69) is 5.32 Å². The highest BCUT2D eigenvalue weighted by Crippen LogP contribution is 2.34. The van der Waals surface area contributed by atoms with Crippen LogP contribution in [0.25, 0.3) is 0 Å². The van der Waals surface area contributed by atoms with Gasteiger partial charge in [-0.05, 0) is 43.6 Å². The number of hydrogen-bond donors (Lipinski definition) is 2. The molecule has 0 saturated carbocycles. The van der Waals surface area contributed by atoms with Gasteiger partial charge in [-0.25, -0.2) is 4.39 Å². The molecule has 2 atom stereocenters. The fraction of sp³-hybridized carbons (Fsp3) is 0.538. The number of hydrogen-bond acceptors (Lipinski definition) is 3. The summed E-state index contributed by atoms with van der Waals surface area (Å²) in [5.41, 5.74) is 6.72. The van der Waals surface area contributed by atoms with E-state index in [1.165, 1.54) is 6.07 Å². The van der Waals surface area contributed by atoms with Crippen LogP contribution >= 0.6 is 0 Å². The minimum Gasteiger partial charge on any atom is -0.496 e. The van der Waals surface area contributed by atoms with Crippen molar-refractivity contribution in [2.24, 2.45) is 11.7 Å². The molecule has 1 aromatic rings. The molecule has 0 aromatic heterocycles. The Kier molecular flexibility index (Phi) is 3.97. The first-order chi connectivity index (χ1) is 8.26. The Morgan fingerprint density at radius 1 is 1.53 bits per heavy atom. The predicted octanol–water partition coefficient (Wildman–Crippen LogP) is 1.49. The molecule has 4 heteroatoms. The third-order valence-electron chi connectivity index (χ3n) is 3.52. The van der Waals surface area contributed by atoms with Gasteiger partial charge in [0.25, 0.3) is 0 Å². The highest BCUT2D eigenvalue weighted by atomic mass is 19.1. The number of nitrogens with one attached hydrogen (secondary N) is 1. The second-order valence-corrected chi connectivity index (χ2v) is 4.48. The summed E-state index contributed by atoms with van der Waals surface area (Å²) in [6.07, 6.45) is 1.03. The zero-order valence-electron chi connectivity index (χ0n) is 10.1. The van der Waals surface area contributed by atoms with Crippen molar-refractivity contribution >= 4 is 0 Å². The lowest BCUT2D eigenvalue weighted by Crippen LogP contribution is -2.38. The molecule has 0 spiro atoms. The van der Waals surface area contributed by atoms with E-state index in [4.69, 9.17) is 10.5 Å². The zero-order valence-corrected chi connectivity index (χ0v) is 10.1. The van der Waals surface area contributed by atoms with Gasteiger partial charge in [-0.1, -0.05) is 0 Å². The molecule has 94 valence electrons. The first-order valence-electron chi connectivity index (χ1n) is 6.00. The second-order valence-electron chi connectivity index (χ2n) is 4.48. The van der Waals surface area contributed by atoms with E-state index in [0.29, 0.717) is 12.5 Å². The molecule has 1 saturated heterocycles. The average Bonchev–Trinajstić information content (AvgIpc) is 2.38. The van der Waals surface area contributed by atoms with E-state index in [1.54, 1.807) is 19.2 Å². The van der Waals surface area contributed by atoms with Crippen molar-refractivity contribution < 1.29 is 9.13 Å². The first kappa shape index (κ1) is 12.3. The van der Waals surface area contributed by atoms with Crippen LogP contribution in [0.3, 0.4) is 0 Å². The molecule has 0 bridgehead atoms. The number of piperidine rings is 1. The molecule has 17 heavy (non-hydrogen) atoms. The summed E-state index contributed by atoms with van der Waals surface area (Å²) in [4.78, 5) is 0. The van der Waals surface area contributed by atoms with Gasteiger partial charge >= 0.3 is 0 Å². The smallest absolute Gasteiger partial charge is 0.123 e. The van der Waals surface area contributed by atoms with Gasteiger partial charge in [0.2, 0.25) is 0 Å². The Balaban J connectivity index is 2.33. The Bertz CT molecular complexity index is 384. The van der Waals surface area contributed by atoms with Gasteiger partial charge in [-0.3, -0.25) is 0 Å². The molecule has 0 aliphatic carbocycles. The van der Waals surface area contributed by atoms with Crippen LogP contribution < -0.4 is 15.8 Å². The van der Waals surface area contributed by atoms with Gasteiger partial charge in [-0.15, -0.1) is 0 Å². The number of rotatable bonds is 3. The van der Waals surface area contributed by atoms with Gasteiger partial charge < -0.3 is 15.8 Å². The van der Waals surface area contributed by atoms with E-state index in [9.17, 15) is 4.39 Å². The quantitative estimate of drug-likeness (QED) is 0.838. The minimum atomic E-state index is -0.220. The van der Waals surface area contributed by atoms with E-state index in [1.807, 2.05) is 0 Å². The standard InChI is InChI=1S/C13H19FN2O/c1-17-13-3-2-10(14)6-11(13)12-8-16-5-4-9(12)7-15/h2-3,6,9,12,16H,4-5,7-8,15H2,1H3. The van der Waals surface area contributed by atoms with Crippen LogP contribution in [0.1, 0.15) is 17.9 Å². The third-order valence-corrected chi connectivity index (χ3v) is 3.52. The van der Waals surface area contributed by atoms with Crippen LogP contribution in [0, 0.1) is 11.7 Å². The lowest BCUT2D eigenvalue weighted by atomic mass is 9.81. The fourth-order valence-electron chi connectivity index (χ4n) is 2.55. The number of nitrogens with two attached hydrogens (primary N) is 1. The maximum atomic E-state index is 13.4. The molecule has 3 N–H and O–H groups in total. The molecule has 1 aliphatic heterocycles. The van der Waals surface area contributed by atoms with Crippen LogP contribution in [0.2, 0.25) is 0 Å². The molecule has 0 radical (unpaired) electrons. The van der Waals surface area contributed by atoms with Crippen molar-refractivity contribution in [3.05, 3.63) is 29.6 Å². The second kappa shape index (κ2) is 5.47. The Labute approximate surface area is 101 Å². The van der Waals surface area contributed by atoms with Crippen molar-refractivity contribution in [1.82, 2.24) is 5.32 Å². The van der Waals surface area contributed by atoms with Gasteiger partial charge in [0, 0.05) is 18.0 Å². The van der Waals surface area contributed by atoms with Gasteiger partial charge in [-0.2, -0.15) is 0 Å².